The topological polar surface area (TPSA) is 53.6 Å². The van der Waals surface area contributed by atoms with Crippen LogP contribution >= 0.6 is 0 Å². The van der Waals surface area contributed by atoms with Crippen molar-refractivity contribution >= 4 is 17.3 Å². The van der Waals surface area contributed by atoms with Crippen LogP contribution in [0.1, 0.15) is 13.8 Å². The predicted molar refractivity (Wildman–Crippen MR) is 79.0 cm³/mol. The van der Waals surface area contributed by atoms with Gasteiger partial charge in [0.25, 0.3) is 0 Å². The van der Waals surface area contributed by atoms with Crippen LogP contribution in [0, 0.1) is 0 Å². The van der Waals surface area contributed by atoms with Crippen LogP contribution in [0.15, 0.2) is 24.3 Å². The number of amides is 1. The molecule has 2 heterocycles. The van der Waals surface area contributed by atoms with Gasteiger partial charge in [-0.25, -0.2) is 0 Å². The fourth-order valence-electron chi connectivity index (χ4n) is 2.82. The first-order chi connectivity index (χ1) is 9.58. The van der Waals surface area contributed by atoms with E-state index in [1.165, 1.54) is 0 Å². The summed E-state index contributed by atoms with van der Waals surface area (Å²) in [6.07, 6.45) is 0. The first-order valence-electron chi connectivity index (χ1n) is 7.06. The molecule has 1 unspecified atom stereocenters. The Balaban J connectivity index is 1.76. The number of anilines is 2. The minimum absolute atomic E-state index is 0.139. The summed E-state index contributed by atoms with van der Waals surface area (Å²) in [7, 11) is 0. The number of benzene rings is 1. The third-order valence-corrected chi connectivity index (χ3v) is 3.96. The van der Waals surface area contributed by atoms with E-state index in [0.29, 0.717) is 26.3 Å². The van der Waals surface area contributed by atoms with Crippen LogP contribution in [0.2, 0.25) is 0 Å². The van der Waals surface area contributed by atoms with Gasteiger partial charge < -0.3 is 20.3 Å². The number of hydrogen-bond acceptors (Lipinski definition) is 4. The number of ether oxygens (including phenoxy) is 1. The summed E-state index contributed by atoms with van der Waals surface area (Å²) in [5.74, 6) is 0.139. The van der Waals surface area contributed by atoms with Gasteiger partial charge in [0.2, 0.25) is 5.91 Å². The lowest BCUT2D eigenvalue weighted by molar-refractivity contribution is -0.146. The van der Waals surface area contributed by atoms with Gasteiger partial charge in [0.1, 0.15) is 6.04 Å². The monoisotopic (exact) mass is 275 g/mol. The van der Waals surface area contributed by atoms with Gasteiger partial charge in [0, 0.05) is 13.1 Å². The fourth-order valence-corrected chi connectivity index (χ4v) is 2.82. The molecule has 1 amide bonds. The van der Waals surface area contributed by atoms with Gasteiger partial charge >= 0.3 is 0 Å². The highest BCUT2D eigenvalue weighted by molar-refractivity contribution is 5.89. The number of hydrogen-bond donors (Lipinski definition) is 2. The Labute approximate surface area is 119 Å². The standard InChI is InChI=1S/C15H21N3O2/c1-15(2)10-20-8-7-18(15)14(19)13-9-16-11-5-3-4-6-12(11)17-13/h3-6,13,16-17H,7-10H2,1-2H3. The SMILES string of the molecule is CC1(C)COCCN1C(=O)C1CNc2ccccc2N1. The molecule has 0 aromatic heterocycles. The van der Waals surface area contributed by atoms with E-state index >= 15 is 0 Å². The van der Waals surface area contributed by atoms with Crippen molar-refractivity contribution in [3.05, 3.63) is 24.3 Å². The number of rotatable bonds is 1. The minimum atomic E-state index is -0.242. The number of fused-ring (bicyclic) bond motifs is 1. The second kappa shape index (κ2) is 4.98. The van der Waals surface area contributed by atoms with Crippen molar-refractivity contribution in [3.63, 3.8) is 0 Å². The maximum atomic E-state index is 12.7. The Morgan fingerprint density at radius 2 is 2.10 bits per heavy atom. The molecule has 5 heteroatoms. The van der Waals surface area contributed by atoms with E-state index in [1.807, 2.05) is 43.0 Å². The van der Waals surface area contributed by atoms with Gasteiger partial charge in [-0.3, -0.25) is 4.79 Å². The van der Waals surface area contributed by atoms with Crippen molar-refractivity contribution in [2.75, 3.05) is 36.9 Å². The maximum absolute atomic E-state index is 12.7. The molecule has 0 spiro atoms. The van der Waals surface area contributed by atoms with E-state index in [2.05, 4.69) is 10.6 Å². The maximum Gasteiger partial charge on any atom is 0.247 e. The largest absolute Gasteiger partial charge is 0.381 e. The summed E-state index contributed by atoms with van der Waals surface area (Å²) in [6, 6.07) is 7.75. The molecule has 1 aromatic rings. The lowest BCUT2D eigenvalue weighted by atomic mass is 10.0. The normalized spacial score (nSPS) is 24.3. The molecule has 0 saturated carbocycles. The molecule has 0 bridgehead atoms. The summed E-state index contributed by atoms with van der Waals surface area (Å²) in [5, 5.41) is 6.66. The van der Waals surface area contributed by atoms with E-state index in [9.17, 15) is 4.79 Å². The summed E-state index contributed by atoms with van der Waals surface area (Å²) >= 11 is 0. The van der Waals surface area contributed by atoms with Crippen LogP contribution in [-0.2, 0) is 9.53 Å². The molecule has 2 aliphatic rings. The van der Waals surface area contributed by atoms with Crippen LogP contribution in [0.5, 0.6) is 0 Å². The van der Waals surface area contributed by atoms with Crippen molar-refractivity contribution in [1.29, 1.82) is 0 Å². The van der Waals surface area contributed by atoms with Gasteiger partial charge in [-0.05, 0) is 26.0 Å². The zero-order valence-corrected chi connectivity index (χ0v) is 12.0. The van der Waals surface area contributed by atoms with E-state index in [-0.39, 0.29) is 17.5 Å². The zero-order chi connectivity index (χ0) is 14.2. The lowest BCUT2D eigenvalue weighted by Gasteiger charge is -2.44. The average molecular weight is 275 g/mol. The molecule has 108 valence electrons. The van der Waals surface area contributed by atoms with Crippen LogP contribution in [0.25, 0.3) is 0 Å². The van der Waals surface area contributed by atoms with Gasteiger partial charge in [-0.1, -0.05) is 12.1 Å². The molecule has 5 nitrogen and oxygen atoms in total. The van der Waals surface area contributed by atoms with E-state index in [0.717, 1.165) is 11.4 Å². The van der Waals surface area contributed by atoms with E-state index in [1.54, 1.807) is 0 Å². The van der Waals surface area contributed by atoms with Gasteiger partial charge in [0.05, 0.1) is 30.1 Å². The fraction of sp³-hybridized carbons (Fsp3) is 0.533. The molecule has 1 fully saturated rings. The molecule has 3 rings (SSSR count). The Bertz CT molecular complexity index is 516. The third kappa shape index (κ3) is 2.33. The highest BCUT2D eigenvalue weighted by Gasteiger charge is 2.38. The lowest BCUT2D eigenvalue weighted by Crippen LogP contribution is -2.60. The summed E-state index contributed by atoms with van der Waals surface area (Å²) < 4.78 is 5.48. The van der Waals surface area contributed by atoms with Crippen LogP contribution in [0.4, 0.5) is 11.4 Å². The number of nitrogens with one attached hydrogen (secondary N) is 2. The molecule has 1 saturated heterocycles. The highest BCUT2D eigenvalue weighted by atomic mass is 16.5. The van der Waals surface area contributed by atoms with Crippen LogP contribution in [0.3, 0.4) is 0 Å². The molecular formula is C15H21N3O2. The molecular weight excluding hydrogens is 254 g/mol. The zero-order valence-electron chi connectivity index (χ0n) is 12.0. The molecule has 2 N–H and O–H groups in total. The van der Waals surface area contributed by atoms with Crippen LogP contribution < -0.4 is 10.6 Å². The number of nitrogens with zero attached hydrogens (tertiary/aromatic N) is 1. The molecule has 20 heavy (non-hydrogen) atoms. The Morgan fingerprint density at radius 1 is 1.35 bits per heavy atom. The third-order valence-electron chi connectivity index (χ3n) is 3.96. The Kier molecular flexibility index (Phi) is 3.30. The summed E-state index contributed by atoms with van der Waals surface area (Å²) in [4.78, 5) is 14.7. The molecule has 1 atom stereocenters. The average Bonchev–Trinajstić information content (AvgIpc) is 2.45. The quantitative estimate of drug-likeness (QED) is 0.816. The predicted octanol–water partition coefficient (Wildman–Crippen LogP) is 1.53. The number of carbonyl (C=O) groups excluding carboxylic acids is 1. The summed E-state index contributed by atoms with van der Waals surface area (Å²) in [5.41, 5.74) is 1.80. The Morgan fingerprint density at radius 3 is 2.85 bits per heavy atom. The first-order valence-corrected chi connectivity index (χ1v) is 7.06. The van der Waals surface area contributed by atoms with E-state index < -0.39 is 0 Å². The number of morpholine rings is 1. The van der Waals surface area contributed by atoms with Gasteiger partial charge in [0.15, 0.2) is 0 Å². The second-order valence-corrected chi connectivity index (χ2v) is 5.98. The van der Waals surface area contributed by atoms with Crippen molar-refractivity contribution in [2.45, 2.75) is 25.4 Å². The van der Waals surface area contributed by atoms with E-state index in [4.69, 9.17) is 4.74 Å². The van der Waals surface area contributed by atoms with Crippen molar-refractivity contribution in [1.82, 2.24) is 4.90 Å². The van der Waals surface area contributed by atoms with Gasteiger partial charge in [-0.15, -0.1) is 0 Å². The van der Waals surface area contributed by atoms with Gasteiger partial charge in [-0.2, -0.15) is 0 Å². The first kappa shape index (κ1) is 13.2. The smallest absolute Gasteiger partial charge is 0.247 e. The van der Waals surface area contributed by atoms with Crippen molar-refractivity contribution < 1.29 is 9.53 Å². The molecule has 0 radical (unpaired) electrons. The molecule has 2 aliphatic heterocycles. The van der Waals surface area contributed by atoms with Crippen molar-refractivity contribution in [2.24, 2.45) is 0 Å². The number of para-hydroxylation sites is 2. The summed E-state index contributed by atoms with van der Waals surface area (Å²) in [6.45, 7) is 6.58. The molecule has 0 aliphatic carbocycles. The number of carbonyl (C=O) groups is 1. The second-order valence-electron chi connectivity index (χ2n) is 5.98. The minimum Gasteiger partial charge on any atom is -0.381 e. The molecule has 1 aromatic carbocycles. The van der Waals surface area contributed by atoms with Crippen molar-refractivity contribution in [3.8, 4) is 0 Å². The van der Waals surface area contributed by atoms with Crippen LogP contribution in [-0.4, -0.2) is 48.7 Å². The highest BCUT2D eigenvalue weighted by Crippen LogP contribution is 2.27. The Hall–Kier alpha value is -1.75.